The Morgan fingerprint density at radius 1 is 1.39 bits per heavy atom. The number of non-ortho nitro benzene ring substituents is 1. The fraction of sp³-hybridized carbons (Fsp3) is 0.333. The van der Waals surface area contributed by atoms with Crippen molar-refractivity contribution in [3.05, 3.63) is 51.3 Å². The largest absolute Gasteiger partial charge is 0.331 e. The van der Waals surface area contributed by atoms with Crippen molar-refractivity contribution in [3.63, 3.8) is 0 Å². The Bertz CT molecular complexity index is 754. The van der Waals surface area contributed by atoms with Gasteiger partial charge in [0.05, 0.1) is 22.3 Å². The Balaban J connectivity index is 2.09. The summed E-state index contributed by atoms with van der Waals surface area (Å²) in [4.78, 5) is 22.5. The molecule has 8 heteroatoms. The third-order valence-corrected chi connectivity index (χ3v) is 3.55. The summed E-state index contributed by atoms with van der Waals surface area (Å²) < 4.78 is 1.69. The smallest absolute Gasteiger partial charge is 0.319 e. The molecule has 2 N–H and O–H groups in total. The van der Waals surface area contributed by atoms with Crippen LogP contribution in [0.2, 0.25) is 0 Å². The van der Waals surface area contributed by atoms with E-state index < -0.39 is 11.0 Å². The molecular formula is C15H19N5O3. The highest BCUT2D eigenvalue weighted by Crippen LogP contribution is 2.22. The average molecular weight is 317 g/mol. The predicted molar refractivity (Wildman–Crippen MR) is 86.3 cm³/mol. The first-order valence-corrected chi connectivity index (χ1v) is 7.10. The van der Waals surface area contributed by atoms with Gasteiger partial charge in [0.15, 0.2) is 0 Å². The number of nitro benzene ring substituents is 1. The van der Waals surface area contributed by atoms with Crippen LogP contribution in [0.4, 0.5) is 16.2 Å². The number of aryl methyl sites for hydroxylation is 3. The van der Waals surface area contributed by atoms with Gasteiger partial charge < -0.3 is 10.6 Å². The third kappa shape index (κ3) is 3.85. The lowest BCUT2D eigenvalue weighted by atomic mass is 10.1. The first-order valence-electron chi connectivity index (χ1n) is 7.10. The number of anilines is 1. The molecule has 0 aliphatic carbocycles. The molecule has 0 spiro atoms. The summed E-state index contributed by atoms with van der Waals surface area (Å²) in [6.07, 6.45) is 1.85. The van der Waals surface area contributed by atoms with Crippen LogP contribution in [0.3, 0.4) is 0 Å². The summed E-state index contributed by atoms with van der Waals surface area (Å²) in [5.41, 5.74) is 2.84. The molecule has 2 rings (SSSR count). The van der Waals surface area contributed by atoms with E-state index in [1.54, 1.807) is 17.7 Å². The Morgan fingerprint density at radius 3 is 2.65 bits per heavy atom. The van der Waals surface area contributed by atoms with E-state index in [0.717, 1.165) is 16.8 Å². The zero-order chi connectivity index (χ0) is 17.1. The first-order chi connectivity index (χ1) is 10.8. The topological polar surface area (TPSA) is 102 Å². The number of rotatable bonds is 4. The van der Waals surface area contributed by atoms with Gasteiger partial charge in [0, 0.05) is 30.9 Å². The van der Waals surface area contributed by atoms with Gasteiger partial charge in [0.25, 0.3) is 5.69 Å². The number of hydrogen-bond donors (Lipinski definition) is 2. The van der Waals surface area contributed by atoms with Gasteiger partial charge in [-0.05, 0) is 26.3 Å². The van der Waals surface area contributed by atoms with E-state index in [1.165, 1.54) is 12.1 Å². The van der Waals surface area contributed by atoms with Crippen LogP contribution in [0.25, 0.3) is 0 Å². The number of nitrogens with zero attached hydrogens (tertiary/aromatic N) is 3. The highest BCUT2D eigenvalue weighted by atomic mass is 16.6. The molecule has 0 saturated carbocycles. The lowest BCUT2D eigenvalue weighted by molar-refractivity contribution is -0.384. The van der Waals surface area contributed by atoms with Gasteiger partial charge in [-0.25, -0.2) is 4.79 Å². The minimum atomic E-state index is -0.496. The highest BCUT2D eigenvalue weighted by Gasteiger charge is 2.16. The second kappa shape index (κ2) is 6.47. The number of aromatic nitrogens is 2. The second-order valence-corrected chi connectivity index (χ2v) is 5.42. The van der Waals surface area contributed by atoms with Crippen LogP contribution in [-0.2, 0) is 7.05 Å². The molecule has 0 bridgehead atoms. The molecule has 0 unspecified atom stereocenters. The van der Waals surface area contributed by atoms with Crippen LogP contribution in [0, 0.1) is 24.0 Å². The standard InChI is InChI=1S/C15H19N5O3/c1-9-5-6-12(20(22)23)7-14(9)17-15(21)16-10(2)13-8-19(4)18-11(13)3/h5-8,10H,1-4H3,(H2,16,17,21)/t10-/m0/s1. The van der Waals surface area contributed by atoms with E-state index >= 15 is 0 Å². The van der Waals surface area contributed by atoms with Crippen LogP contribution >= 0.6 is 0 Å². The molecule has 122 valence electrons. The van der Waals surface area contributed by atoms with Crippen molar-refractivity contribution in [2.45, 2.75) is 26.8 Å². The Kier molecular flexibility index (Phi) is 4.63. The van der Waals surface area contributed by atoms with Crippen molar-refractivity contribution < 1.29 is 9.72 Å². The Hall–Kier alpha value is -2.90. The van der Waals surface area contributed by atoms with Gasteiger partial charge in [-0.15, -0.1) is 0 Å². The van der Waals surface area contributed by atoms with Crippen LogP contribution in [0.1, 0.15) is 29.8 Å². The highest BCUT2D eigenvalue weighted by molar-refractivity contribution is 5.90. The fourth-order valence-electron chi connectivity index (χ4n) is 2.33. The molecule has 23 heavy (non-hydrogen) atoms. The van der Waals surface area contributed by atoms with Crippen molar-refractivity contribution in [1.29, 1.82) is 0 Å². The molecule has 0 radical (unpaired) electrons. The van der Waals surface area contributed by atoms with E-state index in [1.807, 2.05) is 27.1 Å². The normalized spacial score (nSPS) is 11.8. The van der Waals surface area contributed by atoms with E-state index in [4.69, 9.17) is 0 Å². The van der Waals surface area contributed by atoms with Gasteiger partial charge in [0.1, 0.15) is 0 Å². The number of carbonyl (C=O) groups is 1. The third-order valence-electron chi connectivity index (χ3n) is 3.55. The number of hydrogen-bond acceptors (Lipinski definition) is 4. The van der Waals surface area contributed by atoms with Crippen molar-refractivity contribution in [3.8, 4) is 0 Å². The molecule has 0 saturated heterocycles. The summed E-state index contributed by atoms with van der Waals surface area (Å²) in [5.74, 6) is 0. The molecule has 0 fully saturated rings. The number of urea groups is 1. The first kappa shape index (κ1) is 16.5. The molecule has 1 aromatic carbocycles. The quantitative estimate of drug-likeness (QED) is 0.668. The summed E-state index contributed by atoms with van der Waals surface area (Å²) in [5, 5.41) is 20.5. The summed E-state index contributed by atoms with van der Waals surface area (Å²) in [7, 11) is 1.82. The molecule has 2 aromatic rings. The molecular weight excluding hydrogens is 298 g/mol. The Labute approximate surface area is 133 Å². The van der Waals surface area contributed by atoms with Crippen molar-refractivity contribution in [2.24, 2.45) is 7.05 Å². The lowest BCUT2D eigenvalue weighted by Gasteiger charge is -2.15. The fourth-order valence-corrected chi connectivity index (χ4v) is 2.33. The summed E-state index contributed by atoms with van der Waals surface area (Å²) in [6.45, 7) is 5.49. The zero-order valence-electron chi connectivity index (χ0n) is 13.5. The summed E-state index contributed by atoms with van der Waals surface area (Å²) >= 11 is 0. The molecule has 1 aromatic heterocycles. The molecule has 1 heterocycles. The van der Waals surface area contributed by atoms with Crippen LogP contribution in [0.15, 0.2) is 24.4 Å². The minimum Gasteiger partial charge on any atom is -0.331 e. The van der Waals surface area contributed by atoms with Gasteiger partial charge >= 0.3 is 6.03 Å². The molecule has 0 aliphatic rings. The maximum Gasteiger partial charge on any atom is 0.319 e. The summed E-state index contributed by atoms with van der Waals surface area (Å²) in [6, 6.07) is 3.68. The number of carbonyl (C=O) groups excluding carboxylic acids is 1. The van der Waals surface area contributed by atoms with Crippen LogP contribution < -0.4 is 10.6 Å². The maximum atomic E-state index is 12.1. The second-order valence-electron chi connectivity index (χ2n) is 5.42. The molecule has 2 amide bonds. The van der Waals surface area contributed by atoms with E-state index in [0.29, 0.717) is 5.69 Å². The van der Waals surface area contributed by atoms with Gasteiger partial charge in [-0.3, -0.25) is 14.8 Å². The van der Waals surface area contributed by atoms with Crippen LogP contribution in [0.5, 0.6) is 0 Å². The SMILES string of the molecule is Cc1ccc([N+](=O)[O-])cc1NC(=O)N[C@@H](C)c1cn(C)nc1C. The van der Waals surface area contributed by atoms with Gasteiger partial charge in [0.2, 0.25) is 0 Å². The van der Waals surface area contributed by atoms with E-state index in [-0.39, 0.29) is 11.7 Å². The lowest BCUT2D eigenvalue weighted by Crippen LogP contribution is -2.31. The van der Waals surface area contributed by atoms with Crippen molar-refractivity contribution in [1.82, 2.24) is 15.1 Å². The zero-order valence-corrected chi connectivity index (χ0v) is 13.5. The monoisotopic (exact) mass is 317 g/mol. The Morgan fingerprint density at radius 2 is 2.09 bits per heavy atom. The van der Waals surface area contributed by atoms with E-state index in [9.17, 15) is 14.9 Å². The number of nitrogens with one attached hydrogen (secondary N) is 2. The van der Waals surface area contributed by atoms with E-state index in [2.05, 4.69) is 15.7 Å². The van der Waals surface area contributed by atoms with Crippen molar-refractivity contribution in [2.75, 3.05) is 5.32 Å². The number of benzene rings is 1. The average Bonchev–Trinajstić information content (AvgIpc) is 2.79. The van der Waals surface area contributed by atoms with Crippen LogP contribution in [-0.4, -0.2) is 20.7 Å². The maximum absolute atomic E-state index is 12.1. The number of amides is 2. The molecule has 8 nitrogen and oxygen atoms in total. The van der Waals surface area contributed by atoms with Crippen molar-refractivity contribution >= 4 is 17.4 Å². The number of nitro groups is 1. The predicted octanol–water partition coefficient (Wildman–Crippen LogP) is 2.83. The molecule has 0 aliphatic heterocycles. The van der Waals surface area contributed by atoms with Gasteiger partial charge in [-0.1, -0.05) is 6.07 Å². The van der Waals surface area contributed by atoms with Gasteiger partial charge in [-0.2, -0.15) is 5.10 Å². The minimum absolute atomic E-state index is 0.0675. The molecule has 1 atom stereocenters.